The van der Waals surface area contributed by atoms with E-state index in [0.717, 1.165) is 6.92 Å². The second-order valence-corrected chi connectivity index (χ2v) is 2.72. The molecule has 0 bridgehead atoms. The maximum atomic E-state index is 10.7. The number of hydrogen-bond acceptors (Lipinski definition) is 5. The number of aliphatic hydroxyl groups excluding tert-OH is 2. The number of cyclic esters (lactones) is 1. The van der Waals surface area contributed by atoms with E-state index in [-0.39, 0.29) is 0 Å². The van der Waals surface area contributed by atoms with Crippen LogP contribution in [0.5, 0.6) is 0 Å². The average Bonchev–Trinajstić information content (AvgIpc) is 2.14. The summed E-state index contributed by atoms with van der Waals surface area (Å²) in [7, 11) is 0. The summed E-state index contributed by atoms with van der Waals surface area (Å²) in [6.07, 6.45) is -2.35. The van der Waals surface area contributed by atoms with Crippen LogP contribution < -0.4 is 0 Å². The molecule has 1 rings (SSSR count). The Balaban J connectivity index is 2.80. The van der Waals surface area contributed by atoms with Crippen LogP contribution in [0.15, 0.2) is 0 Å². The average molecular weight is 162 g/mol. The summed E-state index contributed by atoms with van der Waals surface area (Å²) in [5.74, 6) is -0.899. The fourth-order valence-electron chi connectivity index (χ4n) is 0.941. The van der Waals surface area contributed by atoms with Crippen molar-refractivity contribution in [1.29, 1.82) is 0 Å². The van der Waals surface area contributed by atoms with E-state index in [9.17, 15) is 9.90 Å². The van der Waals surface area contributed by atoms with Gasteiger partial charge >= 0.3 is 5.97 Å². The lowest BCUT2D eigenvalue weighted by molar-refractivity contribution is -0.155. The summed E-state index contributed by atoms with van der Waals surface area (Å²) in [5, 5.41) is 26.9. The molecule has 0 spiro atoms. The molecule has 1 saturated heterocycles. The van der Waals surface area contributed by atoms with E-state index in [1.807, 2.05) is 0 Å². The Kier molecular flexibility index (Phi) is 1.87. The minimum atomic E-state index is -1.88. The van der Waals surface area contributed by atoms with Crippen molar-refractivity contribution in [2.24, 2.45) is 0 Å². The van der Waals surface area contributed by atoms with Crippen LogP contribution in [-0.2, 0) is 9.53 Å². The number of aliphatic hydroxyl groups is 3. The van der Waals surface area contributed by atoms with Gasteiger partial charge in [0, 0.05) is 0 Å². The predicted molar refractivity (Wildman–Crippen MR) is 33.6 cm³/mol. The van der Waals surface area contributed by atoms with E-state index in [2.05, 4.69) is 4.74 Å². The Bertz CT molecular complexity index is 176. The summed E-state index contributed by atoms with van der Waals surface area (Å²) in [5.41, 5.74) is -1.88. The number of rotatable bonds is 1. The van der Waals surface area contributed by atoms with E-state index in [4.69, 9.17) is 10.2 Å². The van der Waals surface area contributed by atoms with E-state index < -0.39 is 30.4 Å². The Morgan fingerprint density at radius 1 is 1.73 bits per heavy atom. The van der Waals surface area contributed by atoms with Gasteiger partial charge in [-0.3, -0.25) is 0 Å². The van der Waals surface area contributed by atoms with Gasteiger partial charge in [-0.25, -0.2) is 4.79 Å². The quantitative estimate of drug-likeness (QED) is 0.389. The Labute approximate surface area is 63.2 Å². The monoisotopic (exact) mass is 162 g/mol. The summed E-state index contributed by atoms with van der Waals surface area (Å²) >= 11 is 0. The van der Waals surface area contributed by atoms with Gasteiger partial charge in [-0.05, 0) is 6.92 Å². The molecule has 0 aliphatic carbocycles. The van der Waals surface area contributed by atoms with Gasteiger partial charge < -0.3 is 20.1 Å². The zero-order valence-electron chi connectivity index (χ0n) is 6.02. The molecule has 0 aromatic carbocycles. The lowest BCUT2D eigenvalue weighted by Crippen LogP contribution is -2.43. The summed E-state index contributed by atoms with van der Waals surface area (Å²) in [4.78, 5) is 10.7. The van der Waals surface area contributed by atoms with Crippen molar-refractivity contribution in [3.05, 3.63) is 0 Å². The van der Waals surface area contributed by atoms with Gasteiger partial charge in [-0.2, -0.15) is 0 Å². The third-order valence-corrected chi connectivity index (χ3v) is 1.78. The molecule has 64 valence electrons. The van der Waals surface area contributed by atoms with Crippen molar-refractivity contribution >= 4 is 5.97 Å². The van der Waals surface area contributed by atoms with Crippen molar-refractivity contribution in [2.75, 3.05) is 6.61 Å². The molecule has 11 heavy (non-hydrogen) atoms. The van der Waals surface area contributed by atoms with Crippen molar-refractivity contribution in [3.8, 4) is 0 Å². The highest BCUT2D eigenvalue weighted by atomic mass is 16.6. The van der Waals surface area contributed by atoms with Gasteiger partial charge in [-0.15, -0.1) is 0 Å². The third kappa shape index (κ3) is 1.11. The zero-order chi connectivity index (χ0) is 8.65. The normalized spacial score (nSPS) is 44.2. The van der Waals surface area contributed by atoms with E-state index in [0.29, 0.717) is 0 Å². The van der Waals surface area contributed by atoms with Gasteiger partial charge in [0.2, 0.25) is 0 Å². The molecular formula is C6H10O5. The van der Waals surface area contributed by atoms with Gasteiger partial charge in [0.15, 0.2) is 11.7 Å². The fourth-order valence-corrected chi connectivity index (χ4v) is 0.941. The van der Waals surface area contributed by atoms with Crippen molar-refractivity contribution in [2.45, 2.75) is 24.7 Å². The second-order valence-electron chi connectivity index (χ2n) is 2.72. The highest BCUT2D eigenvalue weighted by Crippen LogP contribution is 2.25. The van der Waals surface area contributed by atoms with E-state index in [1.165, 1.54) is 0 Å². The highest BCUT2D eigenvalue weighted by Gasteiger charge is 2.52. The lowest BCUT2D eigenvalue weighted by atomic mass is 9.99. The molecule has 3 N–H and O–H groups in total. The molecule has 5 heteroatoms. The smallest absolute Gasteiger partial charge is 0.341 e. The number of carbonyl (C=O) groups is 1. The molecule has 1 aliphatic rings. The highest BCUT2D eigenvalue weighted by molar-refractivity contribution is 5.82. The standard InChI is InChI=1S/C6H10O5/c1-6(10)4(8)3(2-7)11-5(6)9/h3-4,7-8,10H,2H2,1H3/t3-,4?,6?/m1/s1. The van der Waals surface area contributed by atoms with Crippen molar-refractivity contribution in [1.82, 2.24) is 0 Å². The van der Waals surface area contributed by atoms with Crippen LogP contribution in [0, 0.1) is 0 Å². The molecule has 0 saturated carbocycles. The Hall–Kier alpha value is -0.650. The van der Waals surface area contributed by atoms with Crippen molar-refractivity contribution in [3.63, 3.8) is 0 Å². The molecule has 1 heterocycles. The van der Waals surface area contributed by atoms with Crippen LogP contribution in [-0.4, -0.2) is 45.7 Å². The van der Waals surface area contributed by atoms with Crippen LogP contribution in [0.4, 0.5) is 0 Å². The van der Waals surface area contributed by atoms with Gasteiger partial charge in [0.1, 0.15) is 6.10 Å². The molecule has 2 unspecified atom stereocenters. The van der Waals surface area contributed by atoms with Gasteiger partial charge in [0.05, 0.1) is 6.61 Å². The fraction of sp³-hybridized carbons (Fsp3) is 0.833. The van der Waals surface area contributed by atoms with Crippen LogP contribution in [0.3, 0.4) is 0 Å². The Morgan fingerprint density at radius 3 is 2.45 bits per heavy atom. The van der Waals surface area contributed by atoms with Gasteiger partial charge in [-0.1, -0.05) is 0 Å². The van der Waals surface area contributed by atoms with E-state index >= 15 is 0 Å². The molecule has 0 amide bonds. The largest absolute Gasteiger partial charge is 0.455 e. The zero-order valence-corrected chi connectivity index (χ0v) is 6.02. The lowest BCUT2D eigenvalue weighted by Gasteiger charge is -2.16. The summed E-state index contributed by atoms with van der Waals surface area (Å²) < 4.78 is 4.45. The van der Waals surface area contributed by atoms with Crippen LogP contribution in [0.25, 0.3) is 0 Å². The first-order valence-electron chi connectivity index (χ1n) is 3.22. The minimum Gasteiger partial charge on any atom is -0.455 e. The number of hydrogen-bond donors (Lipinski definition) is 3. The van der Waals surface area contributed by atoms with E-state index in [1.54, 1.807) is 0 Å². The first-order valence-corrected chi connectivity index (χ1v) is 3.22. The third-order valence-electron chi connectivity index (χ3n) is 1.78. The number of ether oxygens (including phenoxy) is 1. The second kappa shape index (κ2) is 2.44. The Morgan fingerprint density at radius 2 is 2.27 bits per heavy atom. The number of carbonyl (C=O) groups excluding carboxylic acids is 1. The molecular weight excluding hydrogens is 152 g/mol. The maximum Gasteiger partial charge on any atom is 0.341 e. The maximum absolute atomic E-state index is 10.7. The topological polar surface area (TPSA) is 87.0 Å². The molecule has 1 fully saturated rings. The van der Waals surface area contributed by atoms with Crippen LogP contribution in [0.1, 0.15) is 6.92 Å². The first-order chi connectivity index (χ1) is 5.00. The molecule has 5 nitrogen and oxygen atoms in total. The molecule has 1 aliphatic heterocycles. The molecule has 0 aromatic rings. The summed E-state index contributed by atoms with van der Waals surface area (Å²) in [6, 6.07) is 0. The predicted octanol–water partition coefficient (Wildman–Crippen LogP) is -1.98. The molecule has 3 atom stereocenters. The minimum absolute atomic E-state index is 0.483. The molecule has 0 aromatic heterocycles. The first kappa shape index (κ1) is 8.45. The van der Waals surface area contributed by atoms with Gasteiger partial charge in [0.25, 0.3) is 0 Å². The SMILES string of the molecule is CC1(O)C(=O)O[C@H](CO)C1O. The van der Waals surface area contributed by atoms with Crippen LogP contribution >= 0.6 is 0 Å². The number of esters is 1. The van der Waals surface area contributed by atoms with Crippen LogP contribution in [0.2, 0.25) is 0 Å². The molecule has 0 radical (unpaired) electrons. The summed E-state index contributed by atoms with van der Waals surface area (Å²) in [6.45, 7) is 0.665. The van der Waals surface area contributed by atoms with Crippen molar-refractivity contribution < 1.29 is 24.9 Å².